The maximum absolute atomic E-state index is 11.0. The first-order valence-corrected chi connectivity index (χ1v) is 14.7. The van der Waals surface area contributed by atoms with Crippen molar-refractivity contribution in [3.8, 4) is 33.8 Å². The molecule has 2 atom stereocenters. The molecule has 0 fully saturated rings. The molecule has 0 saturated carbocycles. The minimum absolute atomic E-state index is 0. The number of fused-ring (bicyclic) bond motifs is 2. The molecule has 10 heteroatoms. The van der Waals surface area contributed by atoms with Crippen LogP contribution in [0.2, 0.25) is 20.1 Å². The number of hydrogen-bond donors (Lipinski definition) is 2. The molecule has 3 N–H and O–H groups in total. The van der Waals surface area contributed by atoms with E-state index in [1.54, 1.807) is 0 Å². The van der Waals surface area contributed by atoms with Crippen molar-refractivity contribution >= 4 is 64.7 Å². The summed E-state index contributed by atoms with van der Waals surface area (Å²) in [6, 6.07) is 22.9. The van der Waals surface area contributed by atoms with Crippen LogP contribution in [0.3, 0.4) is 0 Å². The van der Waals surface area contributed by atoms with Crippen LogP contribution in [0.5, 0.6) is 11.5 Å². The van der Waals surface area contributed by atoms with Gasteiger partial charge in [0.1, 0.15) is 23.7 Å². The van der Waals surface area contributed by atoms with Crippen LogP contribution in [0.1, 0.15) is 18.1 Å². The highest BCUT2D eigenvalue weighted by molar-refractivity contribution is 6.40. The van der Waals surface area contributed by atoms with Crippen LogP contribution in [0.15, 0.2) is 72.8 Å². The smallest absolute Gasteiger partial charge is 0.217 e. The molecule has 0 radical (unpaired) electrons. The summed E-state index contributed by atoms with van der Waals surface area (Å²) in [6.07, 6.45) is 1.56. The molecule has 42 heavy (non-hydrogen) atoms. The van der Waals surface area contributed by atoms with Crippen molar-refractivity contribution in [3.63, 3.8) is 0 Å². The first-order chi connectivity index (χ1) is 19.8. The van der Waals surface area contributed by atoms with E-state index in [1.807, 2.05) is 66.7 Å². The fourth-order valence-corrected chi connectivity index (χ4v) is 6.29. The van der Waals surface area contributed by atoms with Crippen LogP contribution in [0, 0.1) is 0 Å². The predicted octanol–water partition coefficient (Wildman–Crippen LogP) is 8.44. The zero-order valence-corrected chi connectivity index (χ0v) is 26.5. The Morgan fingerprint density at radius 1 is 0.738 bits per heavy atom. The van der Waals surface area contributed by atoms with E-state index >= 15 is 0 Å². The van der Waals surface area contributed by atoms with Gasteiger partial charge in [-0.05, 0) is 35.4 Å². The van der Waals surface area contributed by atoms with E-state index in [9.17, 15) is 4.79 Å². The minimum atomic E-state index is -0.0682. The SMILES string of the molecule is CC(=O)NCC1Cc2cccc(-c3c(Cl)cccc3Cl)c2O1.Cl.NCC1Cc2cccc(-c3c(Cl)cccc3Cl)c2O1. The molecule has 2 aliphatic rings. The number of nitrogens with one attached hydrogen (secondary N) is 1. The lowest BCUT2D eigenvalue weighted by atomic mass is 10.0. The van der Waals surface area contributed by atoms with Crippen LogP contribution in [0.25, 0.3) is 22.3 Å². The van der Waals surface area contributed by atoms with E-state index in [0.717, 1.165) is 57.7 Å². The third kappa shape index (κ3) is 6.94. The molecule has 2 heterocycles. The van der Waals surface area contributed by atoms with Crippen LogP contribution in [-0.2, 0) is 17.6 Å². The van der Waals surface area contributed by atoms with Gasteiger partial charge in [-0.15, -0.1) is 12.4 Å². The molecule has 0 aromatic heterocycles. The van der Waals surface area contributed by atoms with E-state index in [1.165, 1.54) is 6.92 Å². The molecule has 2 unspecified atom stereocenters. The van der Waals surface area contributed by atoms with E-state index < -0.39 is 0 Å². The second-order valence-corrected chi connectivity index (χ2v) is 11.5. The summed E-state index contributed by atoms with van der Waals surface area (Å²) in [5.41, 5.74) is 11.4. The first-order valence-electron chi connectivity index (χ1n) is 13.2. The second-order valence-electron chi connectivity index (χ2n) is 9.84. The number of carbonyl (C=O) groups is 1. The highest BCUT2D eigenvalue weighted by Gasteiger charge is 2.28. The highest BCUT2D eigenvalue weighted by Crippen LogP contribution is 2.45. The van der Waals surface area contributed by atoms with E-state index in [4.69, 9.17) is 61.6 Å². The lowest BCUT2D eigenvalue weighted by molar-refractivity contribution is -0.119. The number of ether oxygens (including phenoxy) is 2. The van der Waals surface area contributed by atoms with Gasteiger partial charge in [0.05, 0.1) is 26.6 Å². The zero-order valence-electron chi connectivity index (χ0n) is 22.6. The van der Waals surface area contributed by atoms with Crippen molar-refractivity contribution in [2.45, 2.75) is 32.0 Å². The molecule has 5 nitrogen and oxygen atoms in total. The van der Waals surface area contributed by atoms with Crippen molar-refractivity contribution in [2.75, 3.05) is 13.1 Å². The van der Waals surface area contributed by atoms with Crippen LogP contribution in [-0.4, -0.2) is 31.2 Å². The number of rotatable bonds is 5. The number of para-hydroxylation sites is 2. The first kappa shape index (κ1) is 32.3. The van der Waals surface area contributed by atoms with Gasteiger partial charge >= 0.3 is 0 Å². The summed E-state index contributed by atoms with van der Waals surface area (Å²) in [5, 5.41) is 5.22. The van der Waals surface area contributed by atoms with E-state index in [2.05, 4.69) is 11.4 Å². The van der Waals surface area contributed by atoms with Crippen molar-refractivity contribution in [1.82, 2.24) is 5.32 Å². The number of amides is 1. The molecule has 220 valence electrons. The average molecular weight is 667 g/mol. The van der Waals surface area contributed by atoms with E-state index in [0.29, 0.717) is 33.2 Å². The number of hydrogen-bond acceptors (Lipinski definition) is 4. The van der Waals surface area contributed by atoms with Gasteiger partial charge in [-0.25, -0.2) is 0 Å². The van der Waals surface area contributed by atoms with Crippen molar-refractivity contribution in [2.24, 2.45) is 5.73 Å². The average Bonchev–Trinajstić information content (AvgIpc) is 3.57. The van der Waals surface area contributed by atoms with Gasteiger partial charge in [-0.1, -0.05) is 94.9 Å². The monoisotopic (exact) mass is 664 g/mol. The molecule has 1 amide bonds. The Bertz CT molecular complexity index is 1560. The lowest BCUT2D eigenvalue weighted by Gasteiger charge is -2.14. The molecule has 0 aliphatic carbocycles. The van der Waals surface area contributed by atoms with Crippen molar-refractivity contribution in [1.29, 1.82) is 0 Å². The number of benzene rings is 4. The largest absolute Gasteiger partial charge is 0.488 e. The Hall–Kier alpha value is -2.64. The molecular formula is C32H29Cl5N2O3. The Morgan fingerprint density at radius 2 is 1.14 bits per heavy atom. The zero-order chi connectivity index (χ0) is 29.1. The van der Waals surface area contributed by atoms with Crippen molar-refractivity contribution in [3.05, 3.63) is 104 Å². The molecule has 2 aliphatic heterocycles. The maximum atomic E-state index is 11.0. The maximum Gasteiger partial charge on any atom is 0.217 e. The summed E-state index contributed by atoms with van der Waals surface area (Å²) in [5.74, 6) is 1.59. The van der Waals surface area contributed by atoms with Gasteiger partial charge in [0.2, 0.25) is 5.91 Å². The molecule has 6 rings (SSSR count). The number of nitrogens with two attached hydrogens (primary N) is 1. The Balaban J connectivity index is 0.000000190. The van der Waals surface area contributed by atoms with Crippen LogP contribution in [0.4, 0.5) is 0 Å². The number of halogens is 5. The topological polar surface area (TPSA) is 73.6 Å². The minimum Gasteiger partial charge on any atom is -0.488 e. The predicted molar refractivity (Wildman–Crippen MR) is 175 cm³/mol. The normalized spacial score (nSPS) is 16.1. The fraction of sp³-hybridized carbons (Fsp3) is 0.219. The van der Waals surface area contributed by atoms with E-state index in [-0.39, 0.29) is 30.5 Å². The Morgan fingerprint density at radius 3 is 1.57 bits per heavy atom. The Kier molecular flexibility index (Phi) is 10.9. The van der Waals surface area contributed by atoms with Gasteiger partial charge in [0, 0.05) is 48.6 Å². The third-order valence-electron chi connectivity index (χ3n) is 6.96. The quantitative estimate of drug-likeness (QED) is 0.224. The molecule has 0 spiro atoms. The van der Waals surface area contributed by atoms with Crippen molar-refractivity contribution < 1.29 is 14.3 Å². The second kappa shape index (κ2) is 14.2. The molecule has 4 aromatic rings. The van der Waals surface area contributed by atoms with Gasteiger partial charge in [-0.3, -0.25) is 4.79 Å². The molecule has 0 bridgehead atoms. The summed E-state index contributed by atoms with van der Waals surface area (Å²) in [6.45, 7) is 2.49. The fourth-order valence-electron chi connectivity index (χ4n) is 5.08. The van der Waals surface area contributed by atoms with Gasteiger partial charge in [0.25, 0.3) is 0 Å². The lowest BCUT2D eigenvalue weighted by Crippen LogP contribution is -2.32. The number of carbonyl (C=O) groups excluding carboxylic acids is 1. The van der Waals surface area contributed by atoms with Crippen LogP contribution >= 0.6 is 58.8 Å². The third-order valence-corrected chi connectivity index (χ3v) is 8.22. The molecule has 0 saturated heterocycles. The summed E-state index contributed by atoms with van der Waals surface area (Å²) < 4.78 is 11.9. The summed E-state index contributed by atoms with van der Waals surface area (Å²) >= 11 is 25.2. The van der Waals surface area contributed by atoms with Crippen LogP contribution < -0.4 is 20.5 Å². The van der Waals surface area contributed by atoms with Gasteiger partial charge in [0.15, 0.2) is 0 Å². The highest BCUT2D eigenvalue weighted by atomic mass is 35.5. The standard InChI is InChI=1S/C17H15Cl2NO2.C15H13Cl2NO.ClH/c1-10(21)20-9-12-8-11-4-2-5-13(17(11)22-12)16-14(18)6-3-7-15(16)19;16-12-5-2-6-13(17)14(12)11-4-1-3-9-7-10(8-18)19-15(9)11;/h2-7,12H,8-9H2,1H3,(H,20,21);1-6,10H,7-8,18H2;1H. The summed E-state index contributed by atoms with van der Waals surface area (Å²) in [4.78, 5) is 11.0. The van der Waals surface area contributed by atoms with Gasteiger partial charge in [-0.2, -0.15) is 0 Å². The molecular weight excluding hydrogens is 638 g/mol. The Labute approximate surface area is 271 Å². The summed E-state index contributed by atoms with van der Waals surface area (Å²) in [7, 11) is 0. The van der Waals surface area contributed by atoms with Gasteiger partial charge < -0.3 is 20.5 Å². The molecule has 4 aromatic carbocycles.